The van der Waals surface area contributed by atoms with Crippen LogP contribution < -0.4 is 5.32 Å². The third-order valence-electron chi connectivity index (χ3n) is 4.59. The molecule has 0 saturated carbocycles. The van der Waals surface area contributed by atoms with Gasteiger partial charge in [0, 0.05) is 43.1 Å². The zero-order valence-electron chi connectivity index (χ0n) is 16.2. The number of nitrogens with one attached hydrogen (secondary N) is 1. The standard InChI is InChI=1S/C21H22ClN3O3S/c1-4-11-25-19-10-9-17(29(27,28)24(2)3)12-16(19)13-20(25)21(26)23-14-15-7-5-6-8-18(15)22/h4-10,12-13H,1,11,14H2,2-3H3,(H,23,26). The van der Waals surface area contributed by atoms with Gasteiger partial charge in [-0.25, -0.2) is 12.7 Å². The van der Waals surface area contributed by atoms with Gasteiger partial charge in [0.15, 0.2) is 0 Å². The molecule has 0 spiro atoms. The van der Waals surface area contributed by atoms with E-state index in [-0.39, 0.29) is 17.3 Å². The number of halogens is 1. The molecule has 29 heavy (non-hydrogen) atoms. The molecule has 6 nitrogen and oxygen atoms in total. The monoisotopic (exact) mass is 431 g/mol. The summed E-state index contributed by atoms with van der Waals surface area (Å²) in [6.07, 6.45) is 1.69. The fourth-order valence-electron chi connectivity index (χ4n) is 3.04. The van der Waals surface area contributed by atoms with Gasteiger partial charge >= 0.3 is 0 Å². The summed E-state index contributed by atoms with van der Waals surface area (Å²) in [5, 5.41) is 4.12. The van der Waals surface area contributed by atoms with E-state index in [0.717, 1.165) is 15.4 Å². The predicted octanol–water partition coefficient (Wildman–Crippen LogP) is 3.66. The minimum atomic E-state index is -3.57. The Morgan fingerprint density at radius 3 is 2.59 bits per heavy atom. The molecule has 3 aromatic rings. The fourth-order valence-corrected chi connectivity index (χ4v) is 4.18. The quantitative estimate of drug-likeness (QED) is 0.580. The van der Waals surface area contributed by atoms with Crippen molar-refractivity contribution in [3.05, 3.63) is 77.5 Å². The molecule has 1 amide bonds. The highest BCUT2D eigenvalue weighted by Gasteiger charge is 2.20. The van der Waals surface area contributed by atoms with Gasteiger partial charge in [0.1, 0.15) is 5.69 Å². The maximum Gasteiger partial charge on any atom is 0.268 e. The van der Waals surface area contributed by atoms with Crippen molar-refractivity contribution >= 4 is 38.4 Å². The van der Waals surface area contributed by atoms with E-state index in [0.29, 0.717) is 22.6 Å². The van der Waals surface area contributed by atoms with E-state index in [1.807, 2.05) is 18.2 Å². The third kappa shape index (κ3) is 4.22. The number of carbonyl (C=O) groups excluding carboxylic acids is 1. The number of nitrogens with zero attached hydrogens (tertiary/aromatic N) is 2. The molecule has 1 N–H and O–H groups in total. The van der Waals surface area contributed by atoms with Gasteiger partial charge in [0.05, 0.1) is 4.90 Å². The summed E-state index contributed by atoms with van der Waals surface area (Å²) < 4.78 is 27.8. The van der Waals surface area contributed by atoms with Crippen LogP contribution in [0.5, 0.6) is 0 Å². The Morgan fingerprint density at radius 2 is 1.93 bits per heavy atom. The number of rotatable bonds is 7. The van der Waals surface area contributed by atoms with Gasteiger partial charge in [0.25, 0.3) is 5.91 Å². The Bertz CT molecular complexity index is 1180. The third-order valence-corrected chi connectivity index (χ3v) is 6.77. The molecule has 3 rings (SSSR count). The largest absolute Gasteiger partial charge is 0.347 e. The zero-order chi connectivity index (χ0) is 21.2. The van der Waals surface area contributed by atoms with E-state index in [1.54, 1.807) is 41.0 Å². The van der Waals surface area contributed by atoms with Crippen molar-refractivity contribution in [2.24, 2.45) is 0 Å². The van der Waals surface area contributed by atoms with Crippen LogP contribution in [0, 0.1) is 0 Å². The maximum atomic E-state index is 12.8. The lowest BCUT2D eigenvalue weighted by Crippen LogP contribution is -2.25. The van der Waals surface area contributed by atoms with Gasteiger partial charge in [-0.05, 0) is 35.9 Å². The first-order chi connectivity index (χ1) is 13.8. The molecular weight excluding hydrogens is 410 g/mol. The van der Waals surface area contributed by atoms with E-state index in [2.05, 4.69) is 11.9 Å². The van der Waals surface area contributed by atoms with Gasteiger partial charge in [0.2, 0.25) is 10.0 Å². The first kappa shape index (κ1) is 21.1. The van der Waals surface area contributed by atoms with E-state index in [4.69, 9.17) is 11.6 Å². The molecule has 1 aromatic heterocycles. The Hall–Kier alpha value is -2.61. The second kappa shape index (κ2) is 8.41. The molecule has 2 aromatic carbocycles. The highest BCUT2D eigenvalue weighted by molar-refractivity contribution is 7.89. The number of fused-ring (bicyclic) bond motifs is 1. The molecule has 0 aliphatic heterocycles. The highest BCUT2D eigenvalue weighted by Crippen LogP contribution is 2.25. The smallest absolute Gasteiger partial charge is 0.268 e. The van der Waals surface area contributed by atoms with Crippen molar-refractivity contribution in [3.63, 3.8) is 0 Å². The number of sulfonamides is 1. The van der Waals surface area contributed by atoms with Gasteiger partial charge in [-0.15, -0.1) is 6.58 Å². The molecule has 0 saturated heterocycles. The number of amides is 1. The summed E-state index contributed by atoms with van der Waals surface area (Å²) in [7, 11) is -0.603. The van der Waals surface area contributed by atoms with Crippen molar-refractivity contribution in [3.8, 4) is 0 Å². The highest BCUT2D eigenvalue weighted by atomic mass is 35.5. The molecule has 0 bridgehead atoms. The van der Waals surface area contributed by atoms with Crippen LogP contribution in [0.1, 0.15) is 16.1 Å². The van der Waals surface area contributed by atoms with E-state index in [9.17, 15) is 13.2 Å². The maximum absolute atomic E-state index is 12.8. The molecular formula is C21H22ClN3O3S. The molecule has 0 radical (unpaired) electrons. The number of carbonyl (C=O) groups is 1. The molecule has 1 heterocycles. The fraction of sp³-hybridized carbons (Fsp3) is 0.190. The lowest BCUT2D eigenvalue weighted by atomic mass is 10.2. The van der Waals surface area contributed by atoms with E-state index in [1.165, 1.54) is 14.1 Å². The predicted molar refractivity (Wildman–Crippen MR) is 116 cm³/mol. The lowest BCUT2D eigenvalue weighted by Gasteiger charge is -2.12. The van der Waals surface area contributed by atoms with Gasteiger partial charge < -0.3 is 9.88 Å². The Balaban J connectivity index is 1.98. The van der Waals surface area contributed by atoms with Crippen LogP contribution in [-0.4, -0.2) is 37.3 Å². The van der Waals surface area contributed by atoms with Crippen LogP contribution in [0.15, 0.2) is 66.1 Å². The summed E-state index contributed by atoms with van der Waals surface area (Å²) in [5.74, 6) is -0.278. The Morgan fingerprint density at radius 1 is 1.21 bits per heavy atom. The van der Waals surface area contributed by atoms with Crippen molar-refractivity contribution in [2.45, 2.75) is 18.0 Å². The lowest BCUT2D eigenvalue weighted by molar-refractivity contribution is 0.0942. The molecule has 0 fully saturated rings. The normalized spacial score (nSPS) is 11.7. The first-order valence-corrected chi connectivity index (χ1v) is 10.8. The average Bonchev–Trinajstić information content (AvgIpc) is 3.05. The Labute approximate surface area is 175 Å². The summed E-state index contributed by atoms with van der Waals surface area (Å²) in [6.45, 7) is 4.46. The van der Waals surface area contributed by atoms with Crippen molar-refractivity contribution in [2.75, 3.05) is 14.1 Å². The van der Waals surface area contributed by atoms with Crippen LogP contribution in [0.3, 0.4) is 0 Å². The molecule has 0 atom stereocenters. The molecule has 0 unspecified atom stereocenters. The Kier molecular flexibility index (Phi) is 6.12. The first-order valence-electron chi connectivity index (χ1n) is 8.94. The summed E-state index contributed by atoms with van der Waals surface area (Å²) in [6, 6.07) is 13.8. The zero-order valence-corrected chi connectivity index (χ0v) is 17.8. The van der Waals surface area contributed by atoms with Gasteiger partial charge in [-0.3, -0.25) is 4.79 Å². The summed E-state index contributed by atoms with van der Waals surface area (Å²) in [4.78, 5) is 13.0. The molecule has 152 valence electrons. The molecule has 8 heteroatoms. The van der Waals surface area contributed by atoms with Crippen LogP contribution in [-0.2, 0) is 23.1 Å². The second-order valence-corrected chi connectivity index (χ2v) is 9.27. The average molecular weight is 432 g/mol. The minimum Gasteiger partial charge on any atom is -0.347 e. The topological polar surface area (TPSA) is 71.4 Å². The number of benzene rings is 2. The number of hydrogen-bond donors (Lipinski definition) is 1. The van der Waals surface area contributed by atoms with Crippen LogP contribution in [0.2, 0.25) is 5.02 Å². The van der Waals surface area contributed by atoms with Crippen molar-refractivity contribution in [1.29, 1.82) is 0 Å². The second-order valence-electron chi connectivity index (χ2n) is 6.71. The SMILES string of the molecule is C=CCn1c(C(=O)NCc2ccccc2Cl)cc2cc(S(=O)(=O)N(C)C)ccc21. The van der Waals surface area contributed by atoms with Crippen LogP contribution in [0.25, 0.3) is 10.9 Å². The minimum absolute atomic E-state index is 0.175. The molecule has 0 aliphatic rings. The van der Waals surface area contributed by atoms with Crippen molar-refractivity contribution < 1.29 is 13.2 Å². The number of allylic oxidation sites excluding steroid dienone is 1. The van der Waals surface area contributed by atoms with Gasteiger partial charge in [-0.2, -0.15) is 0 Å². The molecule has 0 aliphatic carbocycles. The summed E-state index contributed by atoms with van der Waals surface area (Å²) >= 11 is 6.15. The summed E-state index contributed by atoms with van der Waals surface area (Å²) in [5.41, 5.74) is 1.99. The van der Waals surface area contributed by atoms with Crippen molar-refractivity contribution in [1.82, 2.24) is 14.2 Å². The number of aromatic nitrogens is 1. The van der Waals surface area contributed by atoms with Crippen LogP contribution >= 0.6 is 11.6 Å². The van der Waals surface area contributed by atoms with E-state index < -0.39 is 10.0 Å². The van der Waals surface area contributed by atoms with E-state index >= 15 is 0 Å². The van der Waals surface area contributed by atoms with Gasteiger partial charge in [-0.1, -0.05) is 35.9 Å². The number of hydrogen-bond acceptors (Lipinski definition) is 3. The van der Waals surface area contributed by atoms with Crippen LogP contribution in [0.4, 0.5) is 0 Å².